The molecule has 3 nitrogen and oxygen atoms in total. The molecule has 0 aromatic heterocycles. The summed E-state index contributed by atoms with van der Waals surface area (Å²) in [7, 11) is 0. The zero-order valence-corrected chi connectivity index (χ0v) is 20.5. The number of ether oxygens (including phenoxy) is 1. The topological polar surface area (TPSA) is 38.5 Å². The first-order valence-electron chi connectivity index (χ1n) is 10.7. The van der Waals surface area contributed by atoms with Crippen molar-refractivity contribution in [1.82, 2.24) is 4.90 Å². The van der Waals surface area contributed by atoms with E-state index in [0.29, 0.717) is 12.6 Å². The lowest BCUT2D eigenvalue weighted by atomic mass is 9.50. The van der Waals surface area contributed by atoms with E-state index in [9.17, 15) is 4.39 Å². The molecule has 2 aromatic carbocycles. The smallest absolute Gasteiger partial charge is 0.127 e. The molecule has 3 atom stereocenters. The van der Waals surface area contributed by atoms with Crippen LogP contribution in [0.25, 0.3) is 0 Å². The molecule has 0 spiro atoms. The Morgan fingerprint density at radius 3 is 2.48 bits per heavy atom. The molecule has 0 saturated carbocycles. The summed E-state index contributed by atoms with van der Waals surface area (Å²) in [4.78, 5) is 2.55. The van der Waals surface area contributed by atoms with Crippen LogP contribution in [0, 0.1) is 11.2 Å². The first-order valence-corrected chi connectivity index (χ1v) is 10.7. The van der Waals surface area contributed by atoms with E-state index in [1.165, 1.54) is 5.56 Å². The number of rotatable bonds is 5. The average molecular weight is 469 g/mol. The van der Waals surface area contributed by atoms with Crippen LogP contribution in [0.1, 0.15) is 50.8 Å². The van der Waals surface area contributed by atoms with Gasteiger partial charge in [-0.1, -0.05) is 51.1 Å². The van der Waals surface area contributed by atoms with Crippen LogP contribution in [0.3, 0.4) is 0 Å². The average Bonchev–Trinajstić information content (AvgIpc) is 2.68. The Bertz CT molecular complexity index is 893. The van der Waals surface area contributed by atoms with Crippen LogP contribution in [0.4, 0.5) is 10.1 Å². The Labute approximate surface area is 198 Å². The Kier molecular flexibility index (Phi) is 8.08. The van der Waals surface area contributed by atoms with Crippen molar-refractivity contribution in [3.05, 3.63) is 65.0 Å². The predicted octanol–water partition coefficient (Wildman–Crippen LogP) is 5.77. The fraction of sp³-hybridized carbons (Fsp3) is 0.520. The van der Waals surface area contributed by atoms with Gasteiger partial charge in [-0.2, -0.15) is 0 Å². The van der Waals surface area contributed by atoms with E-state index in [0.717, 1.165) is 42.7 Å². The number of anilines is 1. The van der Waals surface area contributed by atoms with Gasteiger partial charge in [-0.15, -0.1) is 24.8 Å². The van der Waals surface area contributed by atoms with Crippen LogP contribution in [-0.2, 0) is 23.2 Å². The number of fused-ring (bicyclic) bond motifs is 4. The Morgan fingerprint density at radius 1 is 1.13 bits per heavy atom. The SMILES string of the molecule is CC(CN1CCC2(C)c3c(F)ccc(N)c3CC1C2(C)C)OCc1ccccc1.Cl.Cl. The molecule has 2 N–H and O–H groups in total. The summed E-state index contributed by atoms with van der Waals surface area (Å²) in [5.41, 5.74) is 9.83. The molecule has 2 bridgehead atoms. The molecule has 1 saturated heterocycles. The van der Waals surface area contributed by atoms with Crippen molar-refractivity contribution < 1.29 is 9.13 Å². The number of piperidine rings is 1. The Balaban J connectivity index is 0.00000171. The molecular formula is C25H35Cl2FN2O. The van der Waals surface area contributed by atoms with Crippen LogP contribution in [0.5, 0.6) is 0 Å². The summed E-state index contributed by atoms with van der Waals surface area (Å²) in [5.74, 6) is -0.101. The van der Waals surface area contributed by atoms with Crippen LogP contribution >= 0.6 is 24.8 Å². The van der Waals surface area contributed by atoms with Gasteiger partial charge in [-0.05, 0) is 60.5 Å². The molecule has 2 aliphatic rings. The summed E-state index contributed by atoms with van der Waals surface area (Å²) in [6, 6.07) is 13.9. The van der Waals surface area contributed by atoms with Gasteiger partial charge in [0.25, 0.3) is 0 Å². The molecule has 0 amide bonds. The van der Waals surface area contributed by atoms with Gasteiger partial charge in [0.05, 0.1) is 12.7 Å². The molecule has 1 heterocycles. The molecular weight excluding hydrogens is 434 g/mol. The summed E-state index contributed by atoms with van der Waals surface area (Å²) in [5, 5.41) is 0. The number of hydrogen-bond donors (Lipinski definition) is 1. The van der Waals surface area contributed by atoms with E-state index >= 15 is 0 Å². The number of likely N-dealkylation sites (tertiary alicyclic amines) is 1. The van der Waals surface area contributed by atoms with Crippen molar-refractivity contribution in [1.29, 1.82) is 0 Å². The van der Waals surface area contributed by atoms with E-state index in [4.69, 9.17) is 10.5 Å². The second-order valence-corrected chi connectivity index (χ2v) is 9.62. The minimum Gasteiger partial charge on any atom is -0.398 e. The van der Waals surface area contributed by atoms with Crippen LogP contribution in [-0.4, -0.2) is 30.1 Å². The van der Waals surface area contributed by atoms with Gasteiger partial charge in [0.2, 0.25) is 0 Å². The van der Waals surface area contributed by atoms with Gasteiger partial charge >= 0.3 is 0 Å². The van der Waals surface area contributed by atoms with Crippen molar-refractivity contribution in [3.63, 3.8) is 0 Å². The normalized spacial score (nSPS) is 25.0. The fourth-order valence-electron chi connectivity index (χ4n) is 5.56. The van der Waals surface area contributed by atoms with Gasteiger partial charge in [0, 0.05) is 23.7 Å². The third-order valence-corrected chi connectivity index (χ3v) is 7.71. The molecule has 3 unspecified atom stereocenters. The summed E-state index contributed by atoms with van der Waals surface area (Å²) in [6.45, 7) is 11.4. The van der Waals surface area contributed by atoms with Gasteiger partial charge in [0.15, 0.2) is 0 Å². The van der Waals surface area contributed by atoms with E-state index < -0.39 is 0 Å². The van der Waals surface area contributed by atoms with Crippen molar-refractivity contribution in [2.45, 2.75) is 64.7 Å². The third kappa shape index (κ3) is 4.45. The minimum atomic E-state index is -0.213. The zero-order chi connectivity index (χ0) is 20.8. The lowest BCUT2D eigenvalue weighted by molar-refractivity contribution is -0.0658. The van der Waals surface area contributed by atoms with E-state index in [2.05, 4.69) is 44.7 Å². The van der Waals surface area contributed by atoms with Crippen molar-refractivity contribution >= 4 is 30.5 Å². The quantitative estimate of drug-likeness (QED) is 0.565. The molecule has 172 valence electrons. The van der Waals surface area contributed by atoms with Crippen molar-refractivity contribution in [2.24, 2.45) is 5.41 Å². The lowest BCUT2D eigenvalue weighted by Crippen LogP contribution is -2.64. The second kappa shape index (κ2) is 9.66. The fourth-order valence-corrected chi connectivity index (χ4v) is 5.56. The summed E-state index contributed by atoms with van der Waals surface area (Å²) < 4.78 is 21.1. The molecule has 0 radical (unpaired) electrons. The molecule has 1 aliphatic heterocycles. The number of nitrogens with zero attached hydrogens (tertiary/aromatic N) is 1. The highest BCUT2D eigenvalue weighted by Gasteiger charge is 2.57. The largest absolute Gasteiger partial charge is 0.398 e. The number of hydrogen-bond acceptors (Lipinski definition) is 3. The highest BCUT2D eigenvalue weighted by Crippen LogP contribution is 2.57. The molecule has 1 fully saturated rings. The van der Waals surface area contributed by atoms with Crippen molar-refractivity contribution in [3.8, 4) is 0 Å². The molecule has 6 heteroatoms. The van der Waals surface area contributed by atoms with Gasteiger partial charge in [-0.25, -0.2) is 4.39 Å². The number of nitrogens with two attached hydrogens (primary N) is 1. The first kappa shape index (κ1) is 25.9. The molecule has 4 rings (SSSR count). The summed E-state index contributed by atoms with van der Waals surface area (Å²) in [6.07, 6.45) is 1.85. The first-order chi connectivity index (χ1) is 13.7. The van der Waals surface area contributed by atoms with Gasteiger partial charge in [0.1, 0.15) is 5.82 Å². The van der Waals surface area contributed by atoms with E-state index in [1.54, 1.807) is 12.1 Å². The second-order valence-electron chi connectivity index (χ2n) is 9.62. The number of halogens is 3. The molecule has 2 aromatic rings. The maximum atomic E-state index is 14.9. The maximum Gasteiger partial charge on any atom is 0.127 e. The lowest BCUT2D eigenvalue weighted by Gasteiger charge is -2.61. The highest BCUT2D eigenvalue weighted by molar-refractivity contribution is 5.85. The summed E-state index contributed by atoms with van der Waals surface area (Å²) >= 11 is 0. The number of benzene rings is 2. The van der Waals surface area contributed by atoms with Crippen LogP contribution in [0.15, 0.2) is 42.5 Å². The van der Waals surface area contributed by atoms with Gasteiger partial charge < -0.3 is 10.5 Å². The zero-order valence-electron chi connectivity index (χ0n) is 18.9. The van der Waals surface area contributed by atoms with E-state index in [-0.39, 0.29) is 47.6 Å². The van der Waals surface area contributed by atoms with Crippen LogP contribution < -0.4 is 5.73 Å². The standard InChI is InChI=1S/C25H33FN2O.2ClH/c1-17(29-16-18-8-6-5-7-9-18)15-28-13-12-25(4)23-19(14-22(28)24(25,2)3)21(27)11-10-20(23)26;;/h5-11,17,22H,12-16,27H2,1-4H3;2*1H. The highest BCUT2D eigenvalue weighted by atomic mass is 35.5. The Hall–Kier alpha value is -1.33. The van der Waals surface area contributed by atoms with Crippen molar-refractivity contribution in [2.75, 3.05) is 18.8 Å². The van der Waals surface area contributed by atoms with Crippen LogP contribution in [0.2, 0.25) is 0 Å². The van der Waals surface area contributed by atoms with Gasteiger partial charge in [-0.3, -0.25) is 4.90 Å². The maximum absolute atomic E-state index is 14.9. The van der Waals surface area contributed by atoms with E-state index in [1.807, 2.05) is 18.2 Å². The molecule has 31 heavy (non-hydrogen) atoms. The minimum absolute atomic E-state index is 0. The third-order valence-electron chi connectivity index (χ3n) is 7.71. The monoisotopic (exact) mass is 468 g/mol. The Morgan fingerprint density at radius 2 is 1.81 bits per heavy atom. The predicted molar refractivity (Wildman–Crippen MR) is 131 cm³/mol. The molecule has 1 aliphatic carbocycles. The number of nitrogen functional groups attached to an aromatic ring is 1.